The van der Waals surface area contributed by atoms with Crippen molar-refractivity contribution >= 4 is 28.9 Å². The van der Waals surface area contributed by atoms with Gasteiger partial charge >= 0.3 is 0 Å². The van der Waals surface area contributed by atoms with Gasteiger partial charge in [-0.15, -0.1) is 0 Å². The Morgan fingerprint density at radius 3 is 2.54 bits per heavy atom. The third-order valence-corrected chi connectivity index (χ3v) is 4.06. The van der Waals surface area contributed by atoms with Gasteiger partial charge in [0.15, 0.2) is 0 Å². The van der Waals surface area contributed by atoms with Crippen LogP contribution in [0.4, 0.5) is 11.4 Å². The van der Waals surface area contributed by atoms with Crippen molar-refractivity contribution in [3.8, 4) is 0 Å². The first-order chi connectivity index (χ1) is 11.6. The van der Waals surface area contributed by atoms with Crippen molar-refractivity contribution in [2.75, 3.05) is 11.4 Å². The molecule has 5 nitrogen and oxygen atoms in total. The van der Waals surface area contributed by atoms with Crippen molar-refractivity contribution in [3.05, 3.63) is 59.7 Å². The number of nitrogens with zero attached hydrogens (tertiary/aromatic N) is 2. The average Bonchev–Trinajstić information content (AvgIpc) is 2.72. The van der Waals surface area contributed by atoms with Crippen LogP contribution in [0.25, 0.3) is 0 Å². The summed E-state index contributed by atoms with van der Waals surface area (Å²) in [5, 5.41) is 0. The van der Waals surface area contributed by atoms with Crippen LogP contribution in [-0.2, 0) is 16.0 Å². The number of aryl methyl sites for hydroxylation is 1. The Kier molecular flexibility index (Phi) is 4.42. The highest BCUT2D eigenvalue weighted by Gasteiger charge is 2.25. The van der Waals surface area contributed by atoms with Gasteiger partial charge in [-0.2, -0.15) is 0 Å². The highest BCUT2D eigenvalue weighted by atomic mass is 16.2. The minimum absolute atomic E-state index is 0.132. The molecule has 0 spiro atoms. The number of para-hydroxylation sites is 2. The molecule has 2 aromatic rings. The monoisotopic (exact) mass is 321 g/mol. The molecule has 2 N–H and O–H groups in total. The average molecular weight is 321 g/mol. The van der Waals surface area contributed by atoms with Gasteiger partial charge in [-0.05, 0) is 29.7 Å². The predicted octanol–water partition coefficient (Wildman–Crippen LogP) is 2.59. The maximum absolute atomic E-state index is 12.7. The Balaban J connectivity index is 2.04. The van der Waals surface area contributed by atoms with Crippen LogP contribution in [0.2, 0.25) is 0 Å². The molecule has 0 unspecified atom stereocenters. The summed E-state index contributed by atoms with van der Waals surface area (Å²) in [5.41, 5.74) is 9.42. The lowest BCUT2D eigenvalue weighted by Crippen LogP contribution is -2.38. The summed E-state index contributed by atoms with van der Waals surface area (Å²) in [6.07, 6.45) is 1.09. The second-order valence-corrected chi connectivity index (χ2v) is 5.72. The lowest BCUT2D eigenvalue weighted by atomic mass is 10.0. The molecule has 0 aromatic heterocycles. The molecule has 0 fully saturated rings. The highest BCUT2D eigenvalue weighted by Crippen LogP contribution is 2.32. The minimum atomic E-state index is -0.547. The number of carbonyl (C=O) groups is 2. The van der Waals surface area contributed by atoms with Crippen LogP contribution in [0.15, 0.2) is 53.5 Å². The van der Waals surface area contributed by atoms with Gasteiger partial charge in [0.2, 0.25) is 11.8 Å². The van der Waals surface area contributed by atoms with Gasteiger partial charge in [0.1, 0.15) is 6.54 Å². The molecular formula is C19H19N3O2. The Morgan fingerprint density at radius 1 is 1.17 bits per heavy atom. The quantitative estimate of drug-likeness (QED) is 0.939. The van der Waals surface area contributed by atoms with Crippen LogP contribution >= 0.6 is 0 Å². The molecule has 1 heterocycles. The Bertz CT molecular complexity index is 810. The van der Waals surface area contributed by atoms with E-state index in [0.717, 1.165) is 12.0 Å². The lowest BCUT2D eigenvalue weighted by Gasteiger charge is -2.20. The van der Waals surface area contributed by atoms with E-state index in [4.69, 9.17) is 5.73 Å². The Morgan fingerprint density at radius 2 is 1.88 bits per heavy atom. The number of nitrogens with two attached hydrogens (primary N) is 1. The van der Waals surface area contributed by atoms with E-state index in [1.807, 2.05) is 42.5 Å². The summed E-state index contributed by atoms with van der Waals surface area (Å²) in [4.78, 5) is 30.1. The van der Waals surface area contributed by atoms with Crippen LogP contribution in [0.5, 0.6) is 0 Å². The SMILES string of the molecule is CCc1ccc(C2=Nc3ccccc3N(CC(N)=O)C(=O)C2)cc1. The normalized spacial score (nSPS) is 14.0. The molecule has 2 amide bonds. The van der Waals surface area contributed by atoms with E-state index in [9.17, 15) is 9.59 Å². The largest absolute Gasteiger partial charge is 0.368 e. The van der Waals surface area contributed by atoms with Gasteiger partial charge in [0, 0.05) is 0 Å². The van der Waals surface area contributed by atoms with E-state index >= 15 is 0 Å². The maximum Gasteiger partial charge on any atom is 0.237 e. The number of benzene rings is 2. The Labute approximate surface area is 140 Å². The fraction of sp³-hybridized carbons (Fsp3) is 0.211. The van der Waals surface area contributed by atoms with Crippen molar-refractivity contribution in [2.45, 2.75) is 19.8 Å². The van der Waals surface area contributed by atoms with Crippen LogP contribution in [0, 0.1) is 0 Å². The zero-order chi connectivity index (χ0) is 17.1. The van der Waals surface area contributed by atoms with E-state index < -0.39 is 5.91 Å². The zero-order valence-corrected chi connectivity index (χ0v) is 13.5. The number of rotatable bonds is 4. The van der Waals surface area contributed by atoms with E-state index in [2.05, 4.69) is 11.9 Å². The molecule has 0 atom stereocenters. The summed E-state index contributed by atoms with van der Waals surface area (Å²) in [5.74, 6) is -0.731. The molecule has 0 saturated carbocycles. The summed E-state index contributed by atoms with van der Waals surface area (Å²) in [7, 11) is 0. The van der Waals surface area contributed by atoms with Crippen molar-refractivity contribution < 1.29 is 9.59 Å². The first-order valence-electron chi connectivity index (χ1n) is 7.93. The number of primary amides is 1. The molecule has 122 valence electrons. The van der Waals surface area contributed by atoms with Crippen molar-refractivity contribution in [1.29, 1.82) is 0 Å². The second kappa shape index (κ2) is 6.66. The van der Waals surface area contributed by atoms with Gasteiger partial charge in [0.25, 0.3) is 0 Å². The molecule has 0 saturated heterocycles. The molecule has 0 aliphatic carbocycles. The Hall–Kier alpha value is -2.95. The number of fused-ring (bicyclic) bond motifs is 1. The second-order valence-electron chi connectivity index (χ2n) is 5.72. The number of anilines is 1. The molecular weight excluding hydrogens is 302 g/mol. The third kappa shape index (κ3) is 3.20. The highest BCUT2D eigenvalue weighted by molar-refractivity contribution is 6.18. The minimum Gasteiger partial charge on any atom is -0.368 e. The fourth-order valence-electron chi connectivity index (χ4n) is 2.77. The van der Waals surface area contributed by atoms with Crippen molar-refractivity contribution in [1.82, 2.24) is 0 Å². The smallest absolute Gasteiger partial charge is 0.237 e. The standard InChI is InChI=1S/C19H19N3O2/c1-2-13-7-9-14(10-8-13)16-11-19(24)22(12-18(20)23)17-6-4-3-5-15(17)21-16/h3-10H,2,11-12H2,1H3,(H2,20,23). The molecule has 24 heavy (non-hydrogen) atoms. The van der Waals surface area contributed by atoms with E-state index in [0.29, 0.717) is 17.1 Å². The van der Waals surface area contributed by atoms with Gasteiger partial charge in [-0.25, -0.2) is 0 Å². The first-order valence-corrected chi connectivity index (χ1v) is 7.93. The van der Waals surface area contributed by atoms with Gasteiger partial charge in [-0.1, -0.05) is 43.3 Å². The molecule has 0 bridgehead atoms. The summed E-state index contributed by atoms with van der Waals surface area (Å²) >= 11 is 0. The molecule has 1 aliphatic rings. The van der Waals surface area contributed by atoms with Gasteiger partial charge < -0.3 is 10.6 Å². The lowest BCUT2D eigenvalue weighted by molar-refractivity contribution is -0.121. The van der Waals surface area contributed by atoms with Crippen molar-refractivity contribution in [2.24, 2.45) is 10.7 Å². The molecule has 3 rings (SSSR count). The molecule has 1 aliphatic heterocycles. The van der Waals surface area contributed by atoms with Crippen LogP contribution in [-0.4, -0.2) is 24.1 Å². The summed E-state index contributed by atoms with van der Waals surface area (Å²) < 4.78 is 0. The number of aliphatic imine (C=N–C) groups is 1. The number of amides is 2. The van der Waals surface area contributed by atoms with Crippen LogP contribution in [0.1, 0.15) is 24.5 Å². The van der Waals surface area contributed by atoms with Crippen molar-refractivity contribution in [3.63, 3.8) is 0 Å². The summed E-state index contributed by atoms with van der Waals surface area (Å²) in [6, 6.07) is 15.3. The molecule has 5 heteroatoms. The van der Waals surface area contributed by atoms with Crippen LogP contribution in [0.3, 0.4) is 0 Å². The van der Waals surface area contributed by atoms with E-state index in [1.54, 1.807) is 6.07 Å². The van der Waals surface area contributed by atoms with Gasteiger partial charge in [-0.3, -0.25) is 14.6 Å². The summed E-state index contributed by atoms with van der Waals surface area (Å²) in [6.45, 7) is 1.95. The first kappa shape index (κ1) is 15.9. The van der Waals surface area contributed by atoms with E-state index in [1.165, 1.54) is 10.5 Å². The zero-order valence-electron chi connectivity index (χ0n) is 13.5. The maximum atomic E-state index is 12.7. The van der Waals surface area contributed by atoms with Crippen LogP contribution < -0.4 is 10.6 Å². The fourth-order valence-corrected chi connectivity index (χ4v) is 2.77. The number of hydrogen-bond acceptors (Lipinski definition) is 3. The van der Waals surface area contributed by atoms with Gasteiger partial charge in [0.05, 0.1) is 23.5 Å². The molecule has 0 radical (unpaired) electrons. The number of hydrogen-bond donors (Lipinski definition) is 1. The predicted molar refractivity (Wildman–Crippen MR) is 94.6 cm³/mol. The third-order valence-electron chi connectivity index (χ3n) is 4.06. The van der Waals surface area contributed by atoms with E-state index in [-0.39, 0.29) is 18.9 Å². The molecule has 2 aromatic carbocycles. The number of carbonyl (C=O) groups excluding carboxylic acids is 2. The topological polar surface area (TPSA) is 75.8 Å².